The fraction of sp³-hybridized carbons (Fsp3) is 0.727. The second kappa shape index (κ2) is 4.29. The van der Waals surface area contributed by atoms with Crippen LogP contribution in [0, 0.1) is 0 Å². The highest BCUT2D eigenvalue weighted by atomic mass is 32.2. The lowest BCUT2D eigenvalue weighted by Gasteiger charge is -2.43. The summed E-state index contributed by atoms with van der Waals surface area (Å²) in [7, 11) is 0. The molecule has 3 atom stereocenters. The topological polar surface area (TPSA) is 34.1 Å². The number of rotatable bonds is 1. The maximum atomic E-state index is 6.16. The van der Waals surface area contributed by atoms with Crippen LogP contribution in [0.1, 0.15) is 24.4 Å². The zero-order valence-electron chi connectivity index (χ0n) is 9.31. The van der Waals surface area contributed by atoms with E-state index in [-0.39, 0.29) is 11.6 Å². The number of hydrogen-bond acceptors (Lipinski definition) is 5. The van der Waals surface area contributed by atoms with Gasteiger partial charge in [-0.15, -0.1) is 11.3 Å². The van der Waals surface area contributed by atoms with Gasteiger partial charge in [0.25, 0.3) is 0 Å². The quantitative estimate of drug-likeness (QED) is 0.834. The highest BCUT2D eigenvalue weighted by Gasteiger charge is 2.51. The molecule has 3 unspecified atom stereocenters. The van der Waals surface area contributed by atoms with Crippen molar-refractivity contribution in [2.24, 2.45) is 0 Å². The molecule has 0 saturated carbocycles. The summed E-state index contributed by atoms with van der Waals surface area (Å²) in [6.07, 6.45) is 3.02. The van der Waals surface area contributed by atoms with Crippen molar-refractivity contribution in [1.29, 1.82) is 0 Å². The fourth-order valence-electron chi connectivity index (χ4n) is 2.68. The fourth-order valence-corrected chi connectivity index (χ4v) is 4.88. The van der Waals surface area contributed by atoms with Gasteiger partial charge in [0.1, 0.15) is 10.6 Å². The van der Waals surface area contributed by atoms with Gasteiger partial charge in [-0.25, -0.2) is 4.98 Å². The maximum Gasteiger partial charge on any atom is 0.112 e. The minimum atomic E-state index is -0.0270. The first-order valence-electron chi connectivity index (χ1n) is 5.71. The highest BCUT2D eigenvalue weighted by molar-refractivity contribution is 8.00. The van der Waals surface area contributed by atoms with E-state index in [2.05, 4.69) is 17.2 Å². The summed E-state index contributed by atoms with van der Waals surface area (Å²) in [5.41, 5.74) is -0.0270. The van der Waals surface area contributed by atoms with Crippen LogP contribution in [0.25, 0.3) is 0 Å². The van der Waals surface area contributed by atoms with Crippen molar-refractivity contribution in [3.63, 3.8) is 0 Å². The Kier molecular flexibility index (Phi) is 2.96. The van der Waals surface area contributed by atoms with E-state index in [1.165, 1.54) is 10.8 Å². The summed E-state index contributed by atoms with van der Waals surface area (Å²) in [6.45, 7) is 4.04. The van der Waals surface area contributed by atoms with Crippen molar-refractivity contribution in [3.8, 4) is 0 Å². The summed E-state index contributed by atoms with van der Waals surface area (Å²) >= 11 is 3.74. The Morgan fingerprint density at radius 3 is 3.25 bits per heavy atom. The lowest BCUT2D eigenvalue weighted by atomic mass is 9.87. The van der Waals surface area contributed by atoms with Crippen molar-refractivity contribution in [2.45, 2.75) is 30.2 Å². The van der Waals surface area contributed by atoms with Gasteiger partial charge in [0.05, 0.1) is 12.6 Å². The third-order valence-corrected chi connectivity index (χ3v) is 5.74. The Morgan fingerprint density at radius 2 is 2.56 bits per heavy atom. The zero-order chi connectivity index (χ0) is 11.0. The molecule has 88 valence electrons. The smallest absolute Gasteiger partial charge is 0.112 e. The first kappa shape index (κ1) is 11.0. The summed E-state index contributed by atoms with van der Waals surface area (Å²) in [4.78, 5) is 4.46. The standard InChI is InChI=1S/C11H16N2OS2/c1-8-11(2-6-15-8)9(12-3-5-14-11)10-13-4-7-16-10/h4,7-9,12H,2-3,5-6H2,1H3. The van der Waals surface area contributed by atoms with E-state index in [0.717, 1.165) is 19.6 Å². The number of morpholine rings is 1. The molecule has 1 spiro atoms. The maximum absolute atomic E-state index is 6.16. The lowest BCUT2D eigenvalue weighted by molar-refractivity contribution is -0.0940. The van der Waals surface area contributed by atoms with Gasteiger partial charge in [-0.2, -0.15) is 11.8 Å². The van der Waals surface area contributed by atoms with E-state index in [4.69, 9.17) is 4.74 Å². The molecule has 0 aliphatic carbocycles. The molecule has 0 radical (unpaired) electrons. The average molecular weight is 256 g/mol. The molecule has 3 nitrogen and oxygen atoms in total. The van der Waals surface area contributed by atoms with Gasteiger partial charge < -0.3 is 10.1 Å². The molecule has 2 aliphatic heterocycles. The van der Waals surface area contributed by atoms with Crippen LogP contribution in [-0.2, 0) is 4.74 Å². The van der Waals surface area contributed by atoms with Crippen molar-refractivity contribution in [3.05, 3.63) is 16.6 Å². The van der Waals surface area contributed by atoms with Gasteiger partial charge >= 0.3 is 0 Å². The predicted molar refractivity (Wildman–Crippen MR) is 68.1 cm³/mol. The molecular formula is C11H16N2OS2. The van der Waals surface area contributed by atoms with Crippen LogP contribution in [-0.4, -0.2) is 34.7 Å². The number of ether oxygens (including phenoxy) is 1. The second-order valence-corrected chi connectivity index (χ2v) is 6.70. The minimum absolute atomic E-state index is 0.0270. The Hall–Kier alpha value is -0.100. The predicted octanol–water partition coefficient (Wildman–Crippen LogP) is 2.07. The van der Waals surface area contributed by atoms with Gasteiger partial charge in [0.15, 0.2) is 0 Å². The molecule has 3 heterocycles. The van der Waals surface area contributed by atoms with Crippen LogP contribution in [0.15, 0.2) is 11.6 Å². The number of nitrogens with zero attached hydrogens (tertiary/aromatic N) is 1. The molecule has 1 aromatic rings. The normalized spacial score (nSPS) is 39.3. The van der Waals surface area contributed by atoms with Gasteiger partial charge in [0, 0.05) is 23.4 Å². The SMILES string of the molecule is CC1SCCC12OCCNC2c1nccs1. The molecule has 1 aromatic heterocycles. The van der Waals surface area contributed by atoms with Crippen LogP contribution in [0.5, 0.6) is 0 Å². The van der Waals surface area contributed by atoms with Crippen LogP contribution < -0.4 is 5.32 Å². The molecule has 1 N–H and O–H groups in total. The molecule has 3 rings (SSSR count). The third-order valence-electron chi connectivity index (χ3n) is 3.56. The van der Waals surface area contributed by atoms with Crippen molar-refractivity contribution in [1.82, 2.24) is 10.3 Å². The first-order chi connectivity index (χ1) is 7.83. The molecule has 0 amide bonds. The summed E-state index contributed by atoms with van der Waals surface area (Å²) in [6, 6.07) is 0.284. The van der Waals surface area contributed by atoms with E-state index in [0.29, 0.717) is 5.25 Å². The first-order valence-corrected chi connectivity index (χ1v) is 7.64. The molecule has 5 heteroatoms. The van der Waals surface area contributed by atoms with Crippen molar-refractivity contribution in [2.75, 3.05) is 18.9 Å². The second-order valence-electron chi connectivity index (χ2n) is 4.32. The number of aromatic nitrogens is 1. The van der Waals surface area contributed by atoms with E-state index >= 15 is 0 Å². The zero-order valence-corrected chi connectivity index (χ0v) is 10.9. The monoisotopic (exact) mass is 256 g/mol. The Labute approximate surface area is 104 Å². The number of thioether (sulfide) groups is 1. The van der Waals surface area contributed by atoms with Crippen LogP contribution in [0.2, 0.25) is 0 Å². The van der Waals surface area contributed by atoms with E-state index < -0.39 is 0 Å². The van der Waals surface area contributed by atoms with Gasteiger partial charge in [0.2, 0.25) is 0 Å². The number of nitrogens with one attached hydrogen (secondary N) is 1. The number of thiazole rings is 1. The van der Waals surface area contributed by atoms with Crippen molar-refractivity contribution < 1.29 is 4.74 Å². The van der Waals surface area contributed by atoms with E-state index in [1.54, 1.807) is 11.3 Å². The van der Waals surface area contributed by atoms with Gasteiger partial charge in [-0.1, -0.05) is 6.92 Å². The summed E-state index contributed by atoms with van der Waals surface area (Å²) in [5, 5.41) is 7.37. The van der Waals surface area contributed by atoms with Crippen LogP contribution >= 0.6 is 23.1 Å². The van der Waals surface area contributed by atoms with Gasteiger partial charge in [-0.3, -0.25) is 0 Å². The van der Waals surface area contributed by atoms with E-state index in [9.17, 15) is 0 Å². The lowest BCUT2D eigenvalue weighted by Crippen LogP contribution is -2.55. The molecule has 2 saturated heterocycles. The third kappa shape index (κ3) is 1.61. The molecule has 2 fully saturated rings. The van der Waals surface area contributed by atoms with Gasteiger partial charge in [-0.05, 0) is 12.2 Å². The molecule has 0 aromatic carbocycles. The highest BCUT2D eigenvalue weighted by Crippen LogP contribution is 2.47. The molecule has 16 heavy (non-hydrogen) atoms. The van der Waals surface area contributed by atoms with Crippen LogP contribution in [0.4, 0.5) is 0 Å². The number of hydrogen-bond donors (Lipinski definition) is 1. The average Bonchev–Trinajstić information content (AvgIpc) is 2.92. The summed E-state index contributed by atoms with van der Waals surface area (Å²) < 4.78 is 6.16. The largest absolute Gasteiger partial charge is 0.370 e. The molecule has 0 bridgehead atoms. The minimum Gasteiger partial charge on any atom is -0.370 e. The Balaban J connectivity index is 1.95. The Morgan fingerprint density at radius 1 is 1.62 bits per heavy atom. The van der Waals surface area contributed by atoms with E-state index in [1.807, 2.05) is 23.3 Å². The Bertz CT molecular complexity index is 357. The molecule has 2 aliphatic rings. The molecular weight excluding hydrogens is 240 g/mol. The summed E-state index contributed by atoms with van der Waals surface area (Å²) in [5.74, 6) is 1.20. The van der Waals surface area contributed by atoms with Crippen LogP contribution in [0.3, 0.4) is 0 Å². The van der Waals surface area contributed by atoms with Crippen molar-refractivity contribution >= 4 is 23.1 Å².